The third kappa shape index (κ3) is 3.49. The summed E-state index contributed by atoms with van der Waals surface area (Å²) in [6.45, 7) is 2.48. The molecule has 0 unspecified atom stereocenters. The molecule has 0 aliphatic rings. The minimum Gasteiger partial charge on any atom is -0.395 e. The van der Waals surface area contributed by atoms with Crippen molar-refractivity contribution in [3.8, 4) is 0 Å². The fourth-order valence-electron chi connectivity index (χ4n) is 0.302. The van der Waals surface area contributed by atoms with Gasteiger partial charge in [0.15, 0.2) is 0 Å². The molecule has 0 bridgehead atoms. The first-order valence-corrected chi connectivity index (χ1v) is 2.57. The van der Waals surface area contributed by atoms with Gasteiger partial charge in [0.1, 0.15) is 0 Å². The Labute approximate surface area is 49.2 Å². The van der Waals surface area contributed by atoms with Crippen LogP contribution in [0, 0.1) is 0 Å². The van der Waals surface area contributed by atoms with Gasteiger partial charge in [0.25, 0.3) is 0 Å². The van der Waals surface area contributed by atoms with Crippen molar-refractivity contribution < 1.29 is 5.11 Å². The van der Waals surface area contributed by atoms with Crippen molar-refractivity contribution >= 4 is 0 Å². The van der Waals surface area contributed by atoms with Gasteiger partial charge in [0.2, 0.25) is 0 Å². The van der Waals surface area contributed by atoms with Crippen LogP contribution in [0.4, 0.5) is 0 Å². The van der Waals surface area contributed by atoms with Gasteiger partial charge in [0.05, 0.1) is 12.4 Å². The molecule has 3 heteroatoms. The molecule has 0 saturated heterocycles. The summed E-state index contributed by atoms with van der Waals surface area (Å²) in [6.07, 6.45) is 1.75. The Hall–Kier alpha value is -0.700. The van der Waals surface area contributed by atoms with Gasteiger partial charge >= 0.3 is 0 Å². The van der Waals surface area contributed by atoms with Crippen LogP contribution in [0.3, 0.4) is 0 Å². The van der Waals surface area contributed by atoms with Gasteiger partial charge in [-0.2, -0.15) is 0 Å². The molecule has 0 aromatic heterocycles. The maximum Gasteiger partial charge on any atom is 0.0916 e. The second-order valence-electron chi connectivity index (χ2n) is 1.39. The van der Waals surface area contributed by atoms with E-state index in [1.807, 2.05) is 6.92 Å². The summed E-state index contributed by atoms with van der Waals surface area (Å²) >= 11 is 0. The Kier molecular flexibility index (Phi) is 4.07. The van der Waals surface area contributed by atoms with E-state index < -0.39 is 0 Å². The number of hydrogen-bond donors (Lipinski definition) is 3. The lowest BCUT2D eigenvalue weighted by Crippen LogP contribution is -2.22. The minimum absolute atomic E-state index is 0.120. The summed E-state index contributed by atoms with van der Waals surface area (Å²) in [6, 6.07) is 0. The van der Waals surface area contributed by atoms with Gasteiger partial charge in [-0.15, -0.1) is 0 Å². The normalized spacial score (nSPS) is 11.5. The molecule has 0 radical (unpaired) electrons. The summed E-state index contributed by atoms with van der Waals surface area (Å²) in [5, 5.41) is 11.0. The van der Waals surface area contributed by atoms with Gasteiger partial charge in [-0.1, -0.05) is 0 Å². The molecule has 0 saturated carbocycles. The monoisotopic (exact) mass is 116 g/mol. The highest BCUT2D eigenvalue weighted by Gasteiger charge is 1.80. The molecule has 3 nitrogen and oxygen atoms in total. The number of nitrogens with one attached hydrogen (secondary N) is 1. The maximum absolute atomic E-state index is 8.27. The van der Waals surface area contributed by atoms with Crippen LogP contribution in [-0.2, 0) is 0 Å². The van der Waals surface area contributed by atoms with E-state index >= 15 is 0 Å². The van der Waals surface area contributed by atoms with E-state index in [0.29, 0.717) is 12.4 Å². The van der Waals surface area contributed by atoms with Crippen LogP contribution >= 0.6 is 0 Å². The standard InChI is InChI=1S/C5H12N2O/c1-2-5(6)7-3-4-8/h2,7-8H,3-4,6H2,1H3. The first kappa shape index (κ1) is 7.30. The number of allylic oxidation sites excluding steroid dienone is 1. The van der Waals surface area contributed by atoms with E-state index in [4.69, 9.17) is 10.8 Å². The van der Waals surface area contributed by atoms with Crippen molar-refractivity contribution in [2.24, 2.45) is 5.73 Å². The van der Waals surface area contributed by atoms with Crippen molar-refractivity contribution in [1.29, 1.82) is 0 Å². The fraction of sp³-hybridized carbons (Fsp3) is 0.600. The topological polar surface area (TPSA) is 58.3 Å². The highest BCUT2D eigenvalue weighted by molar-refractivity contribution is 4.89. The Bertz CT molecular complexity index is 80.5. The van der Waals surface area contributed by atoms with Gasteiger partial charge in [-0.3, -0.25) is 0 Å². The molecule has 0 spiro atoms. The van der Waals surface area contributed by atoms with E-state index in [0.717, 1.165) is 0 Å². The SMILES string of the molecule is CC=C(N)NCCO. The molecule has 8 heavy (non-hydrogen) atoms. The first-order chi connectivity index (χ1) is 3.81. The van der Waals surface area contributed by atoms with Gasteiger partial charge in [0, 0.05) is 6.54 Å². The van der Waals surface area contributed by atoms with Gasteiger partial charge in [-0.25, -0.2) is 0 Å². The zero-order chi connectivity index (χ0) is 6.41. The minimum atomic E-state index is 0.120. The number of hydrogen-bond acceptors (Lipinski definition) is 3. The van der Waals surface area contributed by atoms with Crippen LogP contribution in [0.1, 0.15) is 6.92 Å². The van der Waals surface area contributed by atoms with Crippen molar-refractivity contribution in [3.63, 3.8) is 0 Å². The number of rotatable bonds is 3. The molecule has 0 aromatic rings. The lowest BCUT2D eigenvalue weighted by atomic mass is 10.6. The van der Waals surface area contributed by atoms with Crippen molar-refractivity contribution in [1.82, 2.24) is 5.32 Å². The average molecular weight is 116 g/mol. The highest BCUT2D eigenvalue weighted by atomic mass is 16.3. The maximum atomic E-state index is 8.27. The fourth-order valence-corrected chi connectivity index (χ4v) is 0.302. The molecular formula is C5H12N2O. The van der Waals surface area contributed by atoms with E-state index in [1.54, 1.807) is 6.08 Å². The highest BCUT2D eigenvalue weighted by Crippen LogP contribution is 1.71. The zero-order valence-electron chi connectivity index (χ0n) is 5.02. The quantitative estimate of drug-likeness (QED) is 0.461. The molecule has 0 amide bonds. The predicted molar refractivity (Wildman–Crippen MR) is 33.0 cm³/mol. The Balaban J connectivity index is 3.12. The smallest absolute Gasteiger partial charge is 0.0916 e. The van der Waals surface area contributed by atoms with E-state index in [2.05, 4.69) is 5.32 Å². The second kappa shape index (κ2) is 4.46. The Morgan fingerprint density at radius 3 is 2.88 bits per heavy atom. The summed E-state index contributed by atoms with van der Waals surface area (Å²) in [7, 11) is 0. The van der Waals surface area contributed by atoms with Crippen molar-refractivity contribution in [2.45, 2.75) is 6.92 Å². The van der Waals surface area contributed by atoms with Gasteiger partial charge < -0.3 is 16.2 Å². The zero-order valence-corrected chi connectivity index (χ0v) is 5.02. The van der Waals surface area contributed by atoms with Crippen molar-refractivity contribution in [3.05, 3.63) is 11.9 Å². The lowest BCUT2D eigenvalue weighted by Gasteiger charge is -2.00. The number of aliphatic hydroxyl groups is 1. The largest absolute Gasteiger partial charge is 0.395 e. The molecule has 0 aromatic carbocycles. The van der Waals surface area contributed by atoms with E-state index in [-0.39, 0.29) is 6.61 Å². The molecule has 48 valence electrons. The molecule has 0 fully saturated rings. The molecule has 0 heterocycles. The summed E-state index contributed by atoms with van der Waals surface area (Å²) in [4.78, 5) is 0. The predicted octanol–water partition coefficient (Wildman–Crippen LogP) is -0.612. The van der Waals surface area contributed by atoms with Crippen LogP contribution in [0.5, 0.6) is 0 Å². The summed E-state index contributed by atoms with van der Waals surface area (Å²) in [5.41, 5.74) is 5.30. The van der Waals surface area contributed by atoms with Crippen LogP contribution < -0.4 is 11.1 Å². The average Bonchev–Trinajstić information content (AvgIpc) is 1.83. The molecule has 4 N–H and O–H groups in total. The molecule has 0 aliphatic carbocycles. The molecular weight excluding hydrogens is 104 g/mol. The van der Waals surface area contributed by atoms with Crippen molar-refractivity contribution in [2.75, 3.05) is 13.2 Å². The van der Waals surface area contributed by atoms with Crippen LogP contribution in [0.2, 0.25) is 0 Å². The molecule has 0 atom stereocenters. The van der Waals surface area contributed by atoms with E-state index in [9.17, 15) is 0 Å². The second-order valence-corrected chi connectivity index (χ2v) is 1.39. The van der Waals surface area contributed by atoms with Crippen LogP contribution in [0.15, 0.2) is 11.9 Å². The van der Waals surface area contributed by atoms with Gasteiger partial charge in [-0.05, 0) is 13.0 Å². The molecule has 0 aliphatic heterocycles. The number of aliphatic hydroxyl groups excluding tert-OH is 1. The third-order valence-corrected chi connectivity index (χ3v) is 0.752. The third-order valence-electron chi connectivity index (χ3n) is 0.752. The summed E-state index contributed by atoms with van der Waals surface area (Å²) < 4.78 is 0. The Morgan fingerprint density at radius 2 is 2.50 bits per heavy atom. The molecule has 0 rings (SSSR count). The lowest BCUT2D eigenvalue weighted by molar-refractivity contribution is 0.297. The van der Waals surface area contributed by atoms with Crippen LogP contribution in [-0.4, -0.2) is 18.3 Å². The number of nitrogens with two attached hydrogens (primary N) is 1. The summed E-state index contributed by atoms with van der Waals surface area (Å²) in [5.74, 6) is 0.610. The first-order valence-electron chi connectivity index (χ1n) is 2.57. The van der Waals surface area contributed by atoms with Crippen LogP contribution in [0.25, 0.3) is 0 Å². The van der Waals surface area contributed by atoms with E-state index in [1.165, 1.54) is 0 Å². The Morgan fingerprint density at radius 1 is 1.88 bits per heavy atom.